The molecule has 25 heavy (non-hydrogen) atoms. The summed E-state index contributed by atoms with van der Waals surface area (Å²) in [7, 11) is 0. The minimum absolute atomic E-state index is 0.0795. The molecule has 1 N–H and O–H groups in total. The molecule has 1 amide bonds. The van der Waals surface area contributed by atoms with Crippen molar-refractivity contribution < 1.29 is 18.8 Å². The average Bonchev–Trinajstić information content (AvgIpc) is 2.63. The monoisotopic (exact) mass is 345 g/mol. The summed E-state index contributed by atoms with van der Waals surface area (Å²) in [5.74, 6) is -0.905. The van der Waals surface area contributed by atoms with E-state index in [-0.39, 0.29) is 23.2 Å². The molecule has 0 radical (unpaired) electrons. The van der Waals surface area contributed by atoms with E-state index in [2.05, 4.69) is 10.3 Å². The minimum Gasteiger partial charge on any atom is -0.381 e. The highest BCUT2D eigenvalue weighted by molar-refractivity contribution is 5.95. The Labute approximate surface area is 143 Å². The first-order chi connectivity index (χ1) is 12.0. The van der Waals surface area contributed by atoms with Gasteiger partial charge in [0.2, 0.25) is 5.91 Å². The molecule has 2 heterocycles. The maximum atomic E-state index is 13.1. The number of carbonyl (C=O) groups is 1. The number of halogens is 1. The van der Waals surface area contributed by atoms with E-state index >= 15 is 0 Å². The highest BCUT2D eigenvalue weighted by Crippen LogP contribution is 2.29. The smallest absolute Gasteiger partial charge is 0.310 e. The van der Waals surface area contributed by atoms with E-state index in [4.69, 9.17) is 4.74 Å². The minimum atomic E-state index is -0.596. The zero-order chi connectivity index (χ0) is 17.8. The molecular formula is C17H16FN3O4. The van der Waals surface area contributed by atoms with Gasteiger partial charge in [-0.25, -0.2) is 9.37 Å². The summed E-state index contributed by atoms with van der Waals surface area (Å²) >= 11 is 0. The molecule has 0 spiro atoms. The second kappa shape index (κ2) is 7.35. The van der Waals surface area contributed by atoms with Crippen molar-refractivity contribution in [3.8, 4) is 11.3 Å². The van der Waals surface area contributed by atoms with Crippen molar-refractivity contribution in [1.29, 1.82) is 0 Å². The molecule has 130 valence electrons. The van der Waals surface area contributed by atoms with E-state index in [1.54, 1.807) is 0 Å². The molecule has 0 saturated carbocycles. The molecule has 1 aromatic heterocycles. The first-order valence-corrected chi connectivity index (χ1v) is 7.83. The van der Waals surface area contributed by atoms with E-state index in [0.717, 1.165) is 6.20 Å². The summed E-state index contributed by atoms with van der Waals surface area (Å²) in [5, 5.41) is 13.8. The summed E-state index contributed by atoms with van der Waals surface area (Å²) in [6.45, 7) is 0.995. The number of ether oxygens (including phenoxy) is 1. The van der Waals surface area contributed by atoms with Crippen LogP contribution in [0.25, 0.3) is 11.3 Å². The van der Waals surface area contributed by atoms with Crippen LogP contribution in [0.2, 0.25) is 0 Å². The Morgan fingerprint density at radius 1 is 1.28 bits per heavy atom. The van der Waals surface area contributed by atoms with Gasteiger partial charge in [0.15, 0.2) is 0 Å². The van der Waals surface area contributed by atoms with Crippen LogP contribution in [0.1, 0.15) is 12.8 Å². The predicted octanol–water partition coefficient (Wildman–Crippen LogP) is 3.16. The van der Waals surface area contributed by atoms with Crippen molar-refractivity contribution >= 4 is 17.3 Å². The molecular weight excluding hydrogens is 329 g/mol. The molecule has 0 unspecified atom stereocenters. The number of nitrogens with one attached hydrogen (secondary N) is 1. The lowest BCUT2D eigenvalue weighted by atomic mass is 9.99. The number of rotatable bonds is 4. The number of pyridine rings is 1. The Balaban J connectivity index is 1.89. The molecule has 1 saturated heterocycles. The van der Waals surface area contributed by atoms with Crippen molar-refractivity contribution in [3.63, 3.8) is 0 Å². The van der Waals surface area contributed by atoms with Crippen molar-refractivity contribution in [2.45, 2.75) is 12.8 Å². The number of nitro groups is 1. The molecule has 0 aliphatic carbocycles. The van der Waals surface area contributed by atoms with Crippen molar-refractivity contribution in [2.24, 2.45) is 5.92 Å². The highest BCUT2D eigenvalue weighted by Gasteiger charge is 2.25. The van der Waals surface area contributed by atoms with E-state index in [1.807, 2.05) is 0 Å². The average molecular weight is 345 g/mol. The molecule has 7 nitrogen and oxygen atoms in total. The number of anilines is 1. The topological polar surface area (TPSA) is 94.4 Å². The van der Waals surface area contributed by atoms with Gasteiger partial charge in [-0.15, -0.1) is 0 Å². The van der Waals surface area contributed by atoms with Crippen LogP contribution in [-0.2, 0) is 9.53 Å². The highest BCUT2D eigenvalue weighted by atomic mass is 19.1. The third-order valence-electron chi connectivity index (χ3n) is 4.07. The molecule has 8 heteroatoms. The van der Waals surface area contributed by atoms with Crippen molar-refractivity contribution in [2.75, 3.05) is 18.5 Å². The maximum absolute atomic E-state index is 13.1. The Kier molecular flexibility index (Phi) is 4.99. The zero-order valence-electron chi connectivity index (χ0n) is 13.3. The lowest BCUT2D eigenvalue weighted by Crippen LogP contribution is -2.28. The number of amides is 1. The summed E-state index contributed by atoms with van der Waals surface area (Å²) in [6, 6.07) is 7.03. The molecule has 1 aliphatic heterocycles. The van der Waals surface area contributed by atoms with Gasteiger partial charge in [0.25, 0.3) is 0 Å². The SMILES string of the molecule is O=C(Nc1cc(-c2ccc(F)cc2)ncc1[N+](=O)[O-])C1CCOCC1. The van der Waals surface area contributed by atoms with Gasteiger partial charge in [-0.3, -0.25) is 14.9 Å². The summed E-state index contributed by atoms with van der Waals surface area (Å²) < 4.78 is 18.3. The van der Waals surface area contributed by atoms with Crippen LogP contribution in [0.15, 0.2) is 36.5 Å². The molecule has 1 aliphatic rings. The van der Waals surface area contributed by atoms with Gasteiger partial charge in [-0.05, 0) is 43.2 Å². The van der Waals surface area contributed by atoms with Crippen LogP contribution in [0.5, 0.6) is 0 Å². The number of hydrogen-bond acceptors (Lipinski definition) is 5. The van der Waals surface area contributed by atoms with Crippen LogP contribution in [0.4, 0.5) is 15.8 Å². The Morgan fingerprint density at radius 2 is 1.96 bits per heavy atom. The summed E-state index contributed by atoms with van der Waals surface area (Å²) in [4.78, 5) is 27.0. The molecule has 3 rings (SSSR count). The molecule has 2 aromatic rings. The third-order valence-corrected chi connectivity index (χ3v) is 4.07. The molecule has 1 fully saturated rings. The first-order valence-electron chi connectivity index (χ1n) is 7.83. The van der Waals surface area contributed by atoms with Gasteiger partial charge in [0, 0.05) is 24.7 Å². The normalized spacial score (nSPS) is 14.9. The molecule has 1 aromatic carbocycles. The quantitative estimate of drug-likeness (QED) is 0.678. The number of nitrogens with zero attached hydrogens (tertiary/aromatic N) is 2. The largest absolute Gasteiger partial charge is 0.381 e. The fourth-order valence-electron chi connectivity index (χ4n) is 2.67. The van der Waals surface area contributed by atoms with Crippen LogP contribution >= 0.6 is 0 Å². The van der Waals surface area contributed by atoms with Gasteiger partial charge >= 0.3 is 5.69 Å². The van der Waals surface area contributed by atoms with Gasteiger partial charge in [0.05, 0.1) is 10.6 Å². The number of hydrogen-bond donors (Lipinski definition) is 1. The van der Waals surface area contributed by atoms with Crippen molar-refractivity contribution in [3.05, 3.63) is 52.5 Å². The van der Waals surface area contributed by atoms with Crippen molar-refractivity contribution in [1.82, 2.24) is 4.98 Å². The maximum Gasteiger partial charge on any atom is 0.310 e. The van der Waals surface area contributed by atoms with E-state index in [9.17, 15) is 19.3 Å². The van der Waals surface area contributed by atoms with Crippen LogP contribution in [0.3, 0.4) is 0 Å². The molecule has 0 atom stereocenters. The lowest BCUT2D eigenvalue weighted by molar-refractivity contribution is -0.384. The first kappa shape index (κ1) is 17.0. The second-order valence-corrected chi connectivity index (χ2v) is 5.73. The molecule has 0 bridgehead atoms. The number of carbonyl (C=O) groups excluding carboxylic acids is 1. The Morgan fingerprint density at radius 3 is 2.60 bits per heavy atom. The number of aromatic nitrogens is 1. The second-order valence-electron chi connectivity index (χ2n) is 5.73. The van der Waals surface area contributed by atoms with Crippen LogP contribution in [-0.4, -0.2) is 29.0 Å². The van der Waals surface area contributed by atoms with Gasteiger partial charge in [-0.2, -0.15) is 0 Å². The van der Waals surface area contributed by atoms with Crippen LogP contribution < -0.4 is 5.32 Å². The van der Waals surface area contributed by atoms with E-state index in [1.165, 1.54) is 30.3 Å². The summed E-state index contributed by atoms with van der Waals surface area (Å²) in [6.07, 6.45) is 2.25. The van der Waals surface area contributed by atoms with E-state index < -0.39 is 10.7 Å². The van der Waals surface area contributed by atoms with Crippen LogP contribution in [0, 0.1) is 21.8 Å². The predicted molar refractivity (Wildman–Crippen MR) is 88.5 cm³/mol. The lowest BCUT2D eigenvalue weighted by Gasteiger charge is -2.21. The zero-order valence-corrected chi connectivity index (χ0v) is 13.3. The Bertz CT molecular complexity index is 789. The van der Waals surface area contributed by atoms with Gasteiger partial charge < -0.3 is 10.1 Å². The third kappa shape index (κ3) is 3.97. The standard InChI is InChI=1S/C17H16FN3O4/c18-13-3-1-11(2-4-13)14-9-15(16(10-19-14)21(23)24)20-17(22)12-5-7-25-8-6-12/h1-4,9-10,12H,5-8H2,(H,19,20,22). The summed E-state index contributed by atoms with van der Waals surface area (Å²) in [5.41, 5.74) is 0.799. The van der Waals surface area contributed by atoms with Gasteiger partial charge in [-0.1, -0.05) is 0 Å². The fraction of sp³-hybridized carbons (Fsp3) is 0.294. The van der Waals surface area contributed by atoms with E-state index in [0.29, 0.717) is 37.3 Å². The Hall–Kier alpha value is -2.87. The fourth-order valence-corrected chi connectivity index (χ4v) is 2.67. The number of benzene rings is 1. The van der Waals surface area contributed by atoms with Gasteiger partial charge in [0.1, 0.15) is 17.7 Å².